The third kappa shape index (κ3) is 2.51. The van der Waals surface area contributed by atoms with Gasteiger partial charge in [-0.15, -0.1) is 11.6 Å². The normalized spacial score (nSPS) is 18.2. The maximum absolute atomic E-state index is 11.4. The molecule has 2 rings (SSSR count). The molecule has 2 nitrogen and oxygen atoms in total. The molecule has 1 fully saturated rings. The zero-order chi connectivity index (χ0) is 10.7. The number of carbonyl (C=O) groups is 1. The molecule has 15 heavy (non-hydrogen) atoms. The Balaban J connectivity index is 1.98. The molecule has 0 saturated carbocycles. The van der Waals surface area contributed by atoms with Crippen molar-refractivity contribution < 1.29 is 4.79 Å². The molecule has 0 spiro atoms. The van der Waals surface area contributed by atoms with E-state index >= 15 is 0 Å². The second-order valence-corrected chi connectivity index (χ2v) is 4.35. The van der Waals surface area contributed by atoms with Gasteiger partial charge < -0.3 is 4.90 Å². The number of halogens is 1. The fourth-order valence-electron chi connectivity index (χ4n) is 1.86. The molecule has 1 atom stereocenters. The van der Waals surface area contributed by atoms with Gasteiger partial charge in [-0.2, -0.15) is 0 Å². The number of carbonyl (C=O) groups excluding carboxylic acids is 1. The third-order valence-corrected chi connectivity index (χ3v) is 3.10. The summed E-state index contributed by atoms with van der Waals surface area (Å²) in [6.45, 7) is 1.49. The minimum Gasteiger partial charge on any atom is -0.341 e. The van der Waals surface area contributed by atoms with Crippen LogP contribution in [0.25, 0.3) is 0 Å². The van der Waals surface area contributed by atoms with Crippen LogP contribution in [0.1, 0.15) is 23.8 Å². The quantitative estimate of drug-likeness (QED) is 0.722. The molecule has 1 amide bonds. The second-order valence-electron chi connectivity index (χ2n) is 3.82. The van der Waals surface area contributed by atoms with Crippen LogP contribution in [-0.2, 0) is 4.79 Å². The van der Waals surface area contributed by atoms with Crippen LogP contribution in [0, 0.1) is 0 Å². The Kier molecular flexibility index (Phi) is 3.27. The van der Waals surface area contributed by atoms with Gasteiger partial charge in [0.2, 0.25) is 5.91 Å². The summed E-state index contributed by atoms with van der Waals surface area (Å²) in [7, 11) is 0. The molecule has 1 aliphatic heterocycles. The molecule has 80 valence electrons. The number of rotatable bonds is 3. The largest absolute Gasteiger partial charge is 0.341 e. The maximum atomic E-state index is 11.4. The number of hydrogen-bond acceptors (Lipinski definition) is 1. The maximum Gasteiger partial charge on any atom is 0.222 e. The van der Waals surface area contributed by atoms with E-state index in [2.05, 4.69) is 0 Å². The van der Waals surface area contributed by atoms with E-state index in [9.17, 15) is 4.79 Å². The Morgan fingerprint density at radius 3 is 2.67 bits per heavy atom. The van der Waals surface area contributed by atoms with Crippen molar-refractivity contribution >= 4 is 17.5 Å². The van der Waals surface area contributed by atoms with Crippen LogP contribution in [0.3, 0.4) is 0 Å². The van der Waals surface area contributed by atoms with Gasteiger partial charge in [-0.3, -0.25) is 4.79 Å². The molecule has 1 heterocycles. The summed E-state index contributed by atoms with van der Waals surface area (Å²) in [5.74, 6) is 0.233. The highest BCUT2D eigenvalue weighted by molar-refractivity contribution is 6.21. The summed E-state index contributed by atoms with van der Waals surface area (Å²) < 4.78 is 0. The lowest BCUT2D eigenvalue weighted by atomic mass is 10.1. The number of likely N-dealkylation sites (tertiary alicyclic amines) is 1. The van der Waals surface area contributed by atoms with Crippen molar-refractivity contribution in [2.24, 2.45) is 0 Å². The smallest absolute Gasteiger partial charge is 0.222 e. The third-order valence-electron chi connectivity index (χ3n) is 2.71. The highest BCUT2D eigenvalue weighted by Crippen LogP contribution is 2.23. The summed E-state index contributed by atoms with van der Waals surface area (Å²) in [6.07, 6.45) is 1.65. The fraction of sp³-hybridized carbons (Fsp3) is 0.417. The van der Waals surface area contributed by atoms with Crippen LogP contribution in [0.5, 0.6) is 0 Å². The number of hydrogen-bond donors (Lipinski definition) is 0. The number of amides is 1. The average molecular weight is 224 g/mol. The number of nitrogens with zero attached hydrogens (tertiary/aromatic N) is 1. The average Bonchev–Trinajstić information content (AvgIpc) is 2.66. The molecule has 0 aromatic heterocycles. The van der Waals surface area contributed by atoms with E-state index in [0.29, 0.717) is 13.0 Å². The first-order valence-corrected chi connectivity index (χ1v) is 5.68. The summed E-state index contributed by atoms with van der Waals surface area (Å²) in [6, 6.07) is 9.90. The minimum absolute atomic E-state index is 0.0896. The fourth-order valence-corrected chi connectivity index (χ4v) is 2.17. The van der Waals surface area contributed by atoms with Crippen LogP contribution in [0.4, 0.5) is 0 Å². The highest BCUT2D eigenvalue weighted by Gasteiger charge is 2.22. The molecule has 0 N–H and O–H groups in total. The van der Waals surface area contributed by atoms with Gasteiger partial charge in [-0.05, 0) is 12.0 Å². The van der Waals surface area contributed by atoms with Crippen molar-refractivity contribution in [2.45, 2.75) is 18.2 Å². The van der Waals surface area contributed by atoms with Crippen molar-refractivity contribution in [3.05, 3.63) is 35.9 Å². The minimum atomic E-state index is -0.0896. The summed E-state index contributed by atoms with van der Waals surface area (Å²) >= 11 is 6.26. The predicted molar refractivity (Wildman–Crippen MR) is 60.9 cm³/mol. The van der Waals surface area contributed by atoms with Gasteiger partial charge in [0.05, 0.1) is 5.38 Å². The molecule has 1 unspecified atom stereocenters. The first-order chi connectivity index (χ1) is 7.27. The molecule has 1 aromatic carbocycles. The molecule has 0 bridgehead atoms. The number of benzene rings is 1. The Hall–Kier alpha value is -1.02. The molecular weight excluding hydrogens is 210 g/mol. The van der Waals surface area contributed by atoms with Crippen LogP contribution in [-0.4, -0.2) is 23.9 Å². The molecule has 1 saturated heterocycles. The zero-order valence-corrected chi connectivity index (χ0v) is 9.28. The van der Waals surface area contributed by atoms with Gasteiger partial charge >= 0.3 is 0 Å². The highest BCUT2D eigenvalue weighted by atomic mass is 35.5. The van der Waals surface area contributed by atoms with Crippen LogP contribution in [0.15, 0.2) is 30.3 Å². The lowest BCUT2D eigenvalue weighted by molar-refractivity contribution is -0.127. The van der Waals surface area contributed by atoms with E-state index in [1.807, 2.05) is 35.2 Å². The van der Waals surface area contributed by atoms with Crippen LogP contribution < -0.4 is 0 Å². The molecule has 1 aromatic rings. The summed E-state index contributed by atoms with van der Waals surface area (Å²) in [4.78, 5) is 13.3. The van der Waals surface area contributed by atoms with Crippen molar-refractivity contribution in [3.8, 4) is 0 Å². The second kappa shape index (κ2) is 4.67. The van der Waals surface area contributed by atoms with E-state index < -0.39 is 0 Å². The SMILES string of the molecule is O=C1CCCN1CC(Cl)c1ccccc1. The molecular formula is C12H14ClNO. The molecule has 3 heteroatoms. The Morgan fingerprint density at radius 1 is 1.33 bits per heavy atom. The molecule has 0 radical (unpaired) electrons. The van der Waals surface area contributed by atoms with Crippen molar-refractivity contribution in [1.29, 1.82) is 0 Å². The monoisotopic (exact) mass is 223 g/mol. The van der Waals surface area contributed by atoms with Crippen molar-refractivity contribution in [2.75, 3.05) is 13.1 Å². The van der Waals surface area contributed by atoms with E-state index in [1.165, 1.54) is 0 Å². The van der Waals surface area contributed by atoms with E-state index in [0.717, 1.165) is 18.5 Å². The first kappa shape index (κ1) is 10.5. The van der Waals surface area contributed by atoms with Crippen LogP contribution >= 0.6 is 11.6 Å². The Morgan fingerprint density at radius 2 is 2.07 bits per heavy atom. The number of alkyl halides is 1. The molecule has 0 aliphatic carbocycles. The lowest BCUT2D eigenvalue weighted by Gasteiger charge is -2.19. The lowest BCUT2D eigenvalue weighted by Crippen LogP contribution is -2.28. The predicted octanol–water partition coefficient (Wildman–Crippen LogP) is 2.59. The van der Waals surface area contributed by atoms with Crippen molar-refractivity contribution in [3.63, 3.8) is 0 Å². The summed E-state index contributed by atoms with van der Waals surface area (Å²) in [5.41, 5.74) is 1.08. The van der Waals surface area contributed by atoms with Crippen LogP contribution in [0.2, 0.25) is 0 Å². The van der Waals surface area contributed by atoms with Gasteiger partial charge in [0, 0.05) is 19.5 Å². The van der Waals surface area contributed by atoms with Gasteiger partial charge in [-0.25, -0.2) is 0 Å². The van der Waals surface area contributed by atoms with Gasteiger partial charge in [0.25, 0.3) is 0 Å². The van der Waals surface area contributed by atoms with Gasteiger partial charge in [0.1, 0.15) is 0 Å². The van der Waals surface area contributed by atoms with E-state index in [1.54, 1.807) is 0 Å². The van der Waals surface area contributed by atoms with E-state index in [4.69, 9.17) is 11.6 Å². The first-order valence-electron chi connectivity index (χ1n) is 5.24. The standard InChI is InChI=1S/C12H14ClNO/c13-11(10-5-2-1-3-6-10)9-14-8-4-7-12(14)15/h1-3,5-6,11H,4,7-9H2. The van der Waals surface area contributed by atoms with Gasteiger partial charge in [0.15, 0.2) is 0 Å². The summed E-state index contributed by atoms with van der Waals surface area (Å²) in [5, 5.41) is -0.0896. The van der Waals surface area contributed by atoms with Crippen molar-refractivity contribution in [1.82, 2.24) is 4.90 Å². The Labute approximate surface area is 94.8 Å². The topological polar surface area (TPSA) is 20.3 Å². The van der Waals surface area contributed by atoms with E-state index in [-0.39, 0.29) is 11.3 Å². The zero-order valence-electron chi connectivity index (χ0n) is 8.53. The Bertz CT molecular complexity index is 339. The van der Waals surface area contributed by atoms with Gasteiger partial charge in [-0.1, -0.05) is 30.3 Å². The molecule has 1 aliphatic rings.